The van der Waals surface area contributed by atoms with Gasteiger partial charge in [-0.3, -0.25) is 9.52 Å². The molecule has 0 saturated carbocycles. The Morgan fingerprint density at radius 1 is 1.17 bits per heavy atom. The average molecular weight is 436 g/mol. The summed E-state index contributed by atoms with van der Waals surface area (Å²) < 4.78 is 44.9. The molecule has 0 atom stereocenters. The summed E-state index contributed by atoms with van der Waals surface area (Å²) in [6.45, 7) is 0.301. The van der Waals surface area contributed by atoms with Gasteiger partial charge in [0, 0.05) is 18.5 Å². The number of methoxy groups -OCH3 is 1. The van der Waals surface area contributed by atoms with Crippen molar-refractivity contribution in [3.05, 3.63) is 64.9 Å². The van der Waals surface area contributed by atoms with Crippen molar-refractivity contribution in [3.8, 4) is 5.75 Å². The van der Waals surface area contributed by atoms with E-state index in [1.54, 1.807) is 24.3 Å². The molecule has 1 aromatic heterocycles. The van der Waals surface area contributed by atoms with Crippen LogP contribution in [0.2, 0.25) is 0 Å². The molecule has 0 aliphatic rings. The largest absolute Gasteiger partial charge is 0.497 e. The van der Waals surface area contributed by atoms with Crippen LogP contribution in [0.3, 0.4) is 0 Å². The van der Waals surface area contributed by atoms with Crippen molar-refractivity contribution in [3.63, 3.8) is 0 Å². The lowest BCUT2D eigenvalue weighted by Crippen LogP contribution is -2.25. The molecule has 11 heteroatoms. The lowest BCUT2D eigenvalue weighted by atomic mass is 10.2. The molecule has 0 bridgehead atoms. The van der Waals surface area contributed by atoms with Gasteiger partial charge >= 0.3 is 0 Å². The van der Waals surface area contributed by atoms with Gasteiger partial charge in [-0.05, 0) is 42.5 Å². The van der Waals surface area contributed by atoms with E-state index in [-0.39, 0.29) is 15.9 Å². The first-order valence-electron chi connectivity index (χ1n) is 8.40. The number of ether oxygens (including phenoxy) is 1. The molecule has 3 rings (SSSR count). The Labute approximate surface area is 170 Å². The van der Waals surface area contributed by atoms with Gasteiger partial charge in [-0.2, -0.15) is 0 Å². The minimum absolute atomic E-state index is 0.0822. The molecule has 1 heterocycles. The third kappa shape index (κ3) is 5.48. The summed E-state index contributed by atoms with van der Waals surface area (Å²) in [6, 6.07) is 11.2. The summed E-state index contributed by atoms with van der Waals surface area (Å²) in [7, 11) is -2.36. The summed E-state index contributed by atoms with van der Waals surface area (Å²) in [4.78, 5) is 12.1. The van der Waals surface area contributed by atoms with Crippen molar-refractivity contribution < 1.29 is 22.3 Å². The molecular weight excluding hydrogens is 419 g/mol. The second-order valence-electron chi connectivity index (χ2n) is 5.80. The van der Waals surface area contributed by atoms with Gasteiger partial charge in [-0.25, -0.2) is 12.8 Å². The van der Waals surface area contributed by atoms with Crippen LogP contribution in [-0.2, 0) is 16.4 Å². The Balaban J connectivity index is 1.55. The topological polar surface area (TPSA) is 110 Å². The van der Waals surface area contributed by atoms with E-state index in [0.717, 1.165) is 35.6 Å². The van der Waals surface area contributed by atoms with E-state index in [4.69, 9.17) is 4.74 Å². The maximum Gasteiger partial charge on any atom is 0.263 e. The van der Waals surface area contributed by atoms with Gasteiger partial charge in [0.1, 0.15) is 16.6 Å². The van der Waals surface area contributed by atoms with E-state index in [1.807, 2.05) is 0 Å². The van der Waals surface area contributed by atoms with E-state index in [1.165, 1.54) is 7.11 Å². The van der Waals surface area contributed by atoms with Gasteiger partial charge in [0.2, 0.25) is 5.13 Å². The number of carbonyl (C=O) groups excluding carboxylic acids is 1. The Morgan fingerprint density at radius 3 is 2.66 bits per heavy atom. The highest BCUT2D eigenvalue weighted by molar-refractivity contribution is 7.93. The first-order valence-corrected chi connectivity index (χ1v) is 10.7. The van der Waals surface area contributed by atoms with E-state index in [9.17, 15) is 17.6 Å². The third-order valence-corrected chi connectivity index (χ3v) is 6.15. The molecule has 0 spiro atoms. The summed E-state index contributed by atoms with van der Waals surface area (Å²) in [5.74, 6) is -0.205. The zero-order valence-electron chi connectivity index (χ0n) is 15.3. The number of rotatable bonds is 8. The Hall–Kier alpha value is -3.05. The summed E-state index contributed by atoms with van der Waals surface area (Å²) >= 11 is 1.05. The Morgan fingerprint density at radius 2 is 1.93 bits per heavy atom. The van der Waals surface area contributed by atoms with Crippen molar-refractivity contribution in [1.29, 1.82) is 0 Å². The fourth-order valence-electron chi connectivity index (χ4n) is 2.33. The second-order valence-corrected chi connectivity index (χ2v) is 8.54. The standard InChI is InChI=1S/C18H17FN4O4S2/c1-27-14-4-2-3-12(11-14)17(24)20-10-9-16-21-22-18(28-16)23-29(25,26)15-7-5-13(19)6-8-15/h2-8,11H,9-10H2,1H3,(H,20,24)(H,22,23). The van der Waals surface area contributed by atoms with Crippen LogP contribution in [0.15, 0.2) is 53.4 Å². The number of hydrogen-bond acceptors (Lipinski definition) is 7. The van der Waals surface area contributed by atoms with Gasteiger partial charge in [0.15, 0.2) is 0 Å². The number of benzene rings is 2. The summed E-state index contributed by atoms with van der Waals surface area (Å²) in [5, 5.41) is 11.1. The molecule has 0 aliphatic carbocycles. The highest BCUT2D eigenvalue weighted by Gasteiger charge is 2.17. The zero-order chi connectivity index (χ0) is 20.9. The monoisotopic (exact) mass is 436 g/mol. The molecule has 29 heavy (non-hydrogen) atoms. The zero-order valence-corrected chi connectivity index (χ0v) is 16.9. The quantitative estimate of drug-likeness (QED) is 0.561. The predicted octanol–water partition coefficient (Wildman–Crippen LogP) is 2.46. The van der Waals surface area contributed by atoms with Gasteiger partial charge < -0.3 is 10.1 Å². The fraction of sp³-hybridized carbons (Fsp3) is 0.167. The maximum atomic E-state index is 13.0. The lowest BCUT2D eigenvalue weighted by Gasteiger charge is -2.05. The molecule has 0 aliphatic heterocycles. The van der Waals surface area contributed by atoms with Crippen LogP contribution in [-0.4, -0.2) is 38.2 Å². The van der Waals surface area contributed by atoms with Crippen molar-refractivity contribution in [2.24, 2.45) is 0 Å². The molecule has 2 N–H and O–H groups in total. The summed E-state index contributed by atoms with van der Waals surface area (Å²) in [5.41, 5.74) is 0.467. The highest BCUT2D eigenvalue weighted by Crippen LogP contribution is 2.20. The van der Waals surface area contributed by atoms with Gasteiger partial charge in [0.05, 0.1) is 12.0 Å². The molecule has 2 aromatic carbocycles. The number of aromatic nitrogens is 2. The number of amides is 1. The van der Waals surface area contributed by atoms with Gasteiger partial charge in [-0.15, -0.1) is 10.2 Å². The first-order chi connectivity index (χ1) is 13.9. The molecule has 0 fully saturated rings. The van der Waals surface area contributed by atoms with E-state index in [2.05, 4.69) is 20.2 Å². The van der Waals surface area contributed by atoms with Crippen molar-refractivity contribution in [2.45, 2.75) is 11.3 Å². The average Bonchev–Trinajstić information content (AvgIpc) is 3.14. The molecular formula is C18H17FN4O4S2. The van der Waals surface area contributed by atoms with Gasteiger partial charge in [-0.1, -0.05) is 17.4 Å². The van der Waals surface area contributed by atoms with Gasteiger partial charge in [0.25, 0.3) is 15.9 Å². The SMILES string of the molecule is COc1cccc(C(=O)NCCc2nnc(NS(=O)(=O)c3ccc(F)cc3)s2)c1. The molecule has 1 amide bonds. The number of sulfonamides is 1. The van der Waals surface area contributed by atoms with Crippen molar-refractivity contribution in [1.82, 2.24) is 15.5 Å². The Bertz CT molecular complexity index is 1100. The molecule has 8 nitrogen and oxygen atoms in total. The smallest absolute Gasteiger partial charge is 0.263 e. The fourth-order valence-corrected chi connectivity index (χ4v) is 4.30. The number of carbonyl (C=O) groups is 1. The van der Waals surface area contributed by atoms with Crippen LogP contribution in [0.5, 0.6) is 5.75 Å². The predicted molar refractivity (Wildman–Crippen MR) is 106 cm³/mol. The van der Waals surface area contributed by atoms with Crippen molar-refractivity contribution in [2.75, 3.05) is 18.4 Å². The molecule has 3 aromatic rings. The number of nitrogens with zero attached hydrogens (tertiary/aromatic N) is 2. The van der Waals surface area contributed by atoms with Crippen LogP contribution >= 0.6 is 11.3 Å². The molecule has 0 unspecified atom stereocenters. The lowest BCUT2D eigenvalue weighted by molar-refractivity contribution is 0.0953. The first kappa shape index (κ1) is 20.7. The number of anilines is 1. The highest BCUT2D eigenvalue weighted by atomic mass is 32.2. The van der Waals surface area contributed by atoms with E-state index < -0.39 is 15.8 Å². The summed E-state index contributed by atoms with van der Waals surface area (Å²) in [6.07, 6.45) is 0.381. The van der Waals surface area contributed by atoms with Crippen LogP contribution in [0.25, 0.3) is 0 Å². The van der Waals surface area contributed by atoms with Crippen molar-refractivity contribution >= 4 is 32.4 Å². The van der Waals surface area contributed by atoms with Crippen LogP contribution in [0, 0.1) is 5.82 Å². The Kier molecular flexibility index (Phi) is 6.39. The van der Waals surface area contributed by atoms with Crippen LogP contribution < -0.4 is 14.8 Å². The van der Waals surface area contributed by atoms with E-state index in [0.29, 0.717) is 29.3 Å². The minimum atomic E-state index is -3.88. The molecule has 0 radical (unpaired) electrons. The second kappa shape index (κ2) is 8.97. The molecule has 0 saturated heterocycles. The number of halogens is 1. The van der Waals surface area contributed by atoms with E-state index >= 15 is 0 Å². The number of hydrogen-bond donors (Lipinski definition) is 2. The maximum absolute atomic E-state index is 13.0. The van der Waals surface area contributed by atoms with Crippen LogP contribution in [0.4, 0.5) is 9.52 Å². The number of nitrogens with one attached hydrogen (secondary N) is 2. The third-order valence-electron chi connectivity index (χ3n) is 3.77. The van der Waals surface area contributed by atoms with Crippen LogP contribution in [0.1, 0.15) is 15.4 Å². The molecule has 152 valence electrons. The minimum Gasteiger partial charge on any atom is -0.497 e. The normalized spacial score (nSPS) is 11.1.